The molecule has 0 bridgehead atoms. The molecule has 2 aromatic heterocycles. The van der Waals surface area contributed by atoms with E-state index in [2.05, 4.69) is 9.97 Å². The summed E-state index contributed by atoms with van der Waals surface area (Å²) in [4.78, 5) is 32.6. The number of benzene rings is 1. The van der Waals surface area contributed by atoms with E-state index in [1.165, 1.54) is 0 Å². The first-order valence-corrected chi connectivity index (χ1v) is 9.32. The minimum Gasteiger partial charge on any atom is -0.467 e. The number of hydrogen-bond donors (Lipinski definition) is 1. The summed E-state index contributed by atoms with van der Waals surface area (Å²) >= 11 is 7.27. The highest BCUT2D eigenvalue weighted by atomic mass is 35.5. The van der Waals surface area contributed by atoms with E-state index in [1.807, 2.05) is 0 Å². The summed E-state index contributed by atoms with van der Waals surface area (Å²) in [5.41, 5.74) is 1.78. The summed E-state index contributed by atoms with van der Waals surface area (Å²) < 4.78 is 16.2. The number of aromatic nitrogens is 2. The van der Waals surface area contributed by atoms with Crippen LogP contribution in [0.5, 0.6) is 5.75 Å². The maximum atomic E-state index is 12.6. The summed E-state index contributed by atoms with van der Waals surface area (Å²) in [5, 5.41) is 0.927. The van der Waals surface area contributed by atoms with Gasteiger partial charge in [0.15, 0.2) is 6.79 Å². The zero-order chi connectivity index (χ0) is 19.1. The minimum atomic E-state index is -0.520. The third-order valence-corrected chi connectivity index (χ3v) is 5.60. The summed E-state index contributed by atoms with van der Waals surface area (Å²) in [6, 6.07) is 3.46. The molecule has 27 heavy (non-hydrogen) atoms. The molecule has 1 aromatic carbocycles. The van der Waals surface area contributed by atoms with E-state index < -0.39 is 5.97 Å². The number of H-pyrrole nitrogens is 1. The first kappa shape index (κ1) is 18.0. The van der Waals surface area contributed by atoms with Gasteiger partial charge >= 0.3 is 5.97 Å². The van der Waals surface area contributed by atoms with Crippen molar-refractivity contribution in [2.75, 3.05) is 6.79 Å². The number of nitrogens with one attached hydrogen (secondary N) is 1. The number of esters is 1. The highest BCUT2D eigenvalue weighted by Gasteiger charge is 2.22. The third-order valence-electron chi connectivity index (χ3n) is 4.21. The fourth-order valence-corrected chi connectivity index (χ4v) is 4.40. The molecular weight excluding hydrogens is 392 g/mol. The second-order valence-corrected chi connectivity index (χ2v) is 7.56. The number of nitrogens with zero attached hydrogens (tertiary/aromatic N) is 1. The topological polar surface area (TPSA) is 90.5 Å². The third kappa shape index (κ3) is 3.31. The van der Waals surface area contributed by atoms with Gasteiger partial charge in [-0.05, 0) is 31.5 Å². The summed E-state index contributed by atoms with van der Waals surface area (Å²) in [5.74, 6) is 0.604. The van der Waals surface area contributed by atoms with Gasteiger partial charge in [-0.2, -0.15) is 0 Å². The van der Waals surface area contributed by atoms with Crippen LogP contribution in [-0.4, -0.2) is 22.7 Å². The number of carbonyl (C=O) groups excluding carboxylic acids is 1. The highest BCUT2D eigenvalue weighted by Crippen LogP contribution is 2.33. The first-order valence-electron chi connectivity index (χ1n) is 8.13. The van der Waals surface area contributed by atoms with Gasteiger partial charge in [0.05, 0.1) is 12.0 Å². The monoisotopic (exact) mass is 406 g/mol. The van der Waals surface area contributed by atoms with Gasteiger partial charge in [-0.25, -0.2) is 9.78 Å². The van der Waals surface area contributed by atoms with E-state index in [0.29, 0.717) is 49.4 Å². The zero-order valence-electron chi connectivity index (χ0n) is 14.6. The summed E-state index contributed by atoms with van der Waals surface area (Å²) in [6.45, 7) is 3.93. The van der Waals surface area contributed by atoms with Crippen LogP contribution in [0.3, 0.4) is 0 Å². The number of carbonyl (C=O) groups is 1. The van der Waals surface area contributed by atoms with Gasteiger partial charge in [-0.3, -0.25) is 4.79 Å². The van der Waals surface area contributed by atoms with Crippen molar-refractivity contribution in [1.29, 1.82) is 0 Å². The number of rotatable bonds is 3. The average Bonchev–Trinajstić information content (AvgIpc) is 2.95. The molecule has 0 unspecified atom stereocenters. The molecular formula is C18H15ClN2O5S. The number of aryl methyl sites for hydroxylation is 2. The van der Waals surface area contributed by atoms with Crippen LogP contribution in [0.1, 0.15) is 32.2 Å². The molecule has 0 radical (unpaired) electrons. The van der Waals surface area contributed by atoms with E-state index in [0.717, 1.165) is 16.9 Å². The Balaban J connectivity index is 1.62. The molecule has 0 amide bonds. The van der Waals surface area contributed by atoms with Crippen LogP contribution in [0.15, 0.2) is 16.9 Å². The number of thiophene rings is 1. The molecule has 0 aliphatic carbocycles. The van der Waals surface area contributed by atoms with Crippen molar-refractivity contribution in [3.63, 3.8) is 0 Å². The standard InChI is InChI=1S/C18H15ClN2O5S/c1-8-13-16(22)20-9(2)21-17(13)27-15(8)18(23)25-6-11-4-12(19)3-10-5-24-7-26-14(10)11/h3-4H,5-7H2,1-2H3,(H,20,21,22). The number of halogens is 1. The van der Waals surface area contributed by atoms with Crippen molar-refractivity contribution < 1.29 is 19.0 Å². The van der Waals surface area contributed by atoms with Crippen LogP contribution >= 0.6 is 22.9 Å². The van der Waals surface area contributed by atoms with Crippen LogP contribution in [0.25, 0.3) is 10.2 Å². The molecule has 1 N–H and O–H groups in total. The molecule has 0 fully saturated rings. The minimum absolute atomic E-state index is 0.00176. The second kappa shape index (κ2) is 6.95. The molecule has 9 heteroatoms. The number of aromatic amines is 1. The van der Waals surface area contributed by atoms with E-state index in [-0.39, 0.29) is 19.0 Å². The molecule has 0 atom stereocenters. The van der Waals surface area contributed by atoms with Gasteiger partial charge in [0.2, 0.25) is 0 Å². The molecule has 140 valence electrons. The van der Waals surface area contributed by atoms with Gasteiger partial charge in [0, 0.05) is 16.1 Å². The van der Waals surface area contributed by atoms with Gasteiger partial charge in [-0.15, -0.1) is 11.3 Å². The van der Waals surface area contributed by atoms with Crippen molar-refractivity contribution in [3.8, 4) is 5.75 Å². The lowest BCUT2D eigenvalue weighted by molar-refractivity contribution is -0.0180. The predicted molar refractivity (Wildman–Crippen MR) is 101 cm³/mol. The van der Waals surface area contributed by atoms with Gasteiger partial charge in [0.1, 0.15) is 27.9 Å². The quantitative estimate of drug-likeness (QED) is 0.669. The molecule has 0 saturated heterocycles. The Hall–Kier alpha value is -2.42. The van der Waals surface area contributed by atoms with E-state index in [4.69, 9.17) is 25.8 Å². The van der Waals surface area contributed by atoms with E-state index in [1.54, 1.807) is 26.0 Å². The van der Waals surface area contributed by atoms with Crippen molar-refractivity contribution in [2.24, 2.45) is 0 Å². The Morgan fingerprint density at radius 2 is 2.22 bits per heavy atom. The fourth-order valence-electron chi connectivity index (χ4n) is 3.02. The van der Waals surface area contributed by atoms with Crippen LogP contribution < -0.4 is 10.3 Å². The Kier molecular flexibility index (Phi) is 4.63. The number of ether oxygens (including phenoxy) is 3. The van der Waals surface area contributed by atoms with Crippen molar-refractivity contribution >= 4 is 39.1 Å². The maximum Gasteiger partial charge on any atom is 0.349 e. The van der Waals surface area contributed by atoms with Gasteiger partial charge < -0.3 is 19.2 Å². The SMILES string of the molecule is Cc1nc2sc(C(=O)OCc3cc(Cl)cc4c3OCOC4)c(C)c2c(=O)[nH]1. The Morgan fingerprint density at radius 3 is 3.04 bits per heavy atom. The molecule has 1 aliphatic heterocycles. The van der Waals surface area contributed by atoms with Crippen LogP contribution in [0.2, 0.25) is 5.02 Å². The lowest BCUT2D eigenvalue weighted by Gasteiger charge is -2.21. The number of fused-ring (bicyclic) bond motifs is 2. The molecule has 0 saturated carbocycles. The van der Waals surface area contributed by atoms with Crippen LogP contribution in [0.4, 0.5) is 0 Å². The molecule has 7 nitrogen and oxygen atoms in total. The lowest BCUT2D eigenvalue weighted by Crippen LogP contribution is -2.14. The Labute approximate surface area is 162 Å². The second-order valence-electron chi connectivity index (χ2n) is 6.13. The van der Waals surface area contributed by atoms with Gasteiger partial charge in [0.25, 0.3) is 5.56 Å². The van der Waals surface area contributed by atoms with Crippen molar-refractivity contribution in [3.05, 3.63) is 54.9 Å². The Bertz CT molecular complexity index is 1120. The fraction of sp³-hybridized carbons (Fsp3) is 0.278. The van der Waals surface area contributed by atoms with E-state index >= 15 is 0 Å². The van der Waals surface area contributed by atoms with Crippen LogP contribution in [-0.2, 0) is 22.7 Å². The van der Waals surface area contributed by atoms with Gasteiger partial charge in [-0.1, -0.05) is 11.6 Å². The van der Waals surface area contributed by atoms with E-state index in [9.17, 15) is 9.59 Å². The number of hydrogen-bond acceptors (Lipinski definition) is 7. The molecule has 4 rings (SSSR count). The first-order chi connectivity index (χ1) is 12.9. The van der Waals surface area contributed by atoms with Crippen molar-refractivity contribution in [2.45, 2.75) is 27.1 Å². The molecule has 3 heterocycles. The average molecular weight is 407 g/mol. The maximum absolute atomic E-state index is 12.6. The molecule has 0 spiro atoms. The zero-order valence-corrected chi connectivity index (χ0v) is 16.1. The highest BCUT2D eigenvalue weighted by molar-refractivity contribution is 7.20. The molecule has 3 aromatic rings. The largest absolute Gasteiger partial charge is 0.467 e. The summed E-state index contributed by atoms with van der Waals surface area (Å²) in [7, 11) is 0. The predicted octanol–water partition coefficient (Wildman–Crippen LogP) is 3.48. The smallest absolute Gasteiger partial charge is 0.349 e. The molecule has 1 aliphatic rings. The normalized spacial score (nSPS) is 13.3. The van der Waals surface area contributed by atoms with Crippen molar-refractivity contribution in [1.82, 2.24) is 9.97 Å². The van der Waals surface area contributed by atoms with Crippen LogP contribution in [0, 0.1) is 13.8 Å². The summed E-state index contributed by atoms with van der Waals surface area (Å²) in [6.07, 6.45) is 0. The lowest BCUT2D eigenvalue weighted by atomic mass is 10.1. The Morgan fingerprint density at radius 1 is 1.41 bits per heavy atom.